The molecule has 0 aliphatic carbocycles. The summed E-state index contributed by atoms with van der Waals surface area (Å²) in [7, 11) is -1.96. The Morgan fingerprint density at radius 2 is 0.394 bits per heavy atom. The maximum absolute atomic E-state index is 5.95. The van der Waals surface area contributed by atoms with Gasteiger partial charge in [-0.1, -0.05) is 471 Å². The Labute approximate surface area is 947 Å². The average Bonchev–Trinajstić information content (AvgIpc) is 0.850. The van der Waals surface area contributed by atoms with E-state index < -0.39 is 17.2 Å². The van der Waals surface area contributed by atoms with E-state index in [0.29, 0.717) is 140 Å². The van der Waals surface area contributed by atoms with Crippen molar-refractivity contribution in [2.45, 2.75) is 17.2 Å². The summed E-state index contributed by atoms with van der Waals surface area (Å²) in [5.74, 6) is 2.41. The number of alkyl halides is 12. The molecule has 142 heavy (non-hydrogen) atoms. The van der Waals surface area contributed by atoms with Gasteiger partial charge in [-0.3, -0.25) is 0 Å². The number of rotatable bonds is 26. The molecule has 0 fully saturated rings. The SMILES string of the molecule is ClC(Cl)Cl.ClC(Cl)Cl.ClC(Cl)Cl.ClC(Cl)Cl.[Cl-].[Cl-].[Pd+2].[Pd+2].[c-]1cc(C=Nc2ccc3c(c2)OCCOCCOCCOCCO3)[c-]cc1C=Nc1ccc2c(c1)OCCOCCOCCOCCO2.c1ccc(P(CCP(c2ccccc2)c2ccccc2)CCP(c2ccccc2)c2ccccc2)cc1.c1ccc(P(CCP(c2ccccc2)c2ccccc2)CCP(c2ccccc2)c2ccccc2)cc1. The molecule has 0 bridgehead atoms. The van der Waals surface area contributed by atoms with Crippen LogP contribution in [0.2, 0.25) is 0 Å². The topological polar surface area (TPSA) is 117 Å². The average molecular weight is 2490 g/mol. The van der Waals surface area contributed by atoms with Crippen molar-refractivity contribution < 1.29 is 113 Å². The predicted octanol–water partition coefficient (Wildman–Crippen LogP) is 20.5. The molecule has 13 aromatic rings. The molecule has 0 radical (unpaired) electrons. The Morgan fingerprint density at radius 1 is 0.225 bits per heavy atom. The van der Waals surface area contributed by atoms with Crippen LogP contribution in [-0.2, 0) is 69.3 Å². The molecule has 0 N–H and O–H groups in total. The van der Waals surface area contributed by atoms with Crippen LogP contribution in [-0.4, -0.2) is 185 Å². The zero-order valence-electron chi connectivity index (χ0n) is 77.5. The van der Waals surface area contributed by atoms with Crippen LogP contribution in [0.15, 0.2) is 362 Å². The molecule has 0 aromatic heterocycles. The van der Waals surface area contributed by atoms with E-state index in [1.54, 1.807) is 23.0 Å². The van der Waals surface area contributed by atoms with Crippen LogP contribution >= 0.6 is 187 Å². The second-order valence-electron chi connectivity index (χ2n) is 29.3. The van der Waals surface area contributed by atoms with Crippen molar-refractivity contribution in [2.75, 3.05) is 155 Å². The quantitative estimate of drug-likeness (QED) is 0.0171. The number of hydrogen-bond acceptors (Lipinski definition) is 12. The minimum absolute atomic E-state index is 0. The molecule has 2 aliphatic heterocycles. The van der Waals surface area contributed by atoms with Crippen LogP contribution in [0.3, 0.4) is 0 Å². The Hall–Kier alpha value is -3.88. The summed E-state index contributed by atoms with van der Waals surface area (Å²) < 4.78 is 53.8. The molecule has 2 aliphatic rings. The first-order valence-corrected chi connectivity index (χ1v) is 59.4. The zero-order valence-corrected chi connectivity index (χ0v) is 96.6. The minimum Gasteiger partial charge on any atom is -1.00 e. The second-order valence-corrected chi connectivity index (χ2v) is 51.5. The van der Waals surface area contributed by atoms with Crippen LogP contribution in [0.25, 0.3) is 0 Å². The Morgan fingerprint density at radius 3 is 0.577 bits per heavy atom. The van der Waals surface area contributed by atoms with Gasteiger partial charge in [-0.05, 0) is 158 Å². The van der Waals surface area contributed by atoms with Gasteiger partial charge in [0.1, 0.15) is 26.4 Å². The summed E-state index contributed by atoms with van der Waals surface area (Å²) in [5, 5.41) is 15.0. The first kappa shape index (κ1) is 129. The van der Waals surface area contributed by atoms with Gasteiger partial charge in [-0.15, -0.1) is 0 Å². The largest absolute Gasteiger partial charge is 2.00 e. The summed E-state index contributed by atoms with van der Waals surface area (Å²) in [6.07, 6.45) is 13.4. The summed E-state index contributed by atoms with van der Waals surface area (Å²) in [6, 6.07) is 133. The molecule has 0 atom stereocenters. The molecule has 2 heterocycles. The van der Waals surface area contributed by atoms with Gasteiger partial charge in [0.05, 0.1) is 90.7 Å². The molecule has 34 heteroatoms. The van der Waals surface area contributed by atoms with Gasteiger partial charge in [0.15, 0.2) is 40.2 Å². The number of ether oxygens (including phenoxy) is 10. The Kier molecular flexibility index (Phi) is 72.5. The third-order valence-electron chi connectivity index (χ3n) is 19.9. The van der Waals surface area contributed by atoms with E-state index in [1.165, 1.54) is 91.7 Å². The first-order valence-electron chi connectivity index (χ1n) is 44.6. The summed E-state index contributed by atoms with van der Waals surface area (Å²) in [4.78, 5) is 9.21. The van der Waals surface area contributed by atoms with Crippen molar-refractivity contribution in [1.29, 1.82) is 0 Å². The van der Waals surface area contributed by atoms with Crippen LogP contribution in [0.4, 0.5) is 11.4 Å². The summed E-state index contributed by atoms with van der Waals surface area (Å²) >= 11 is 57.7. The van der Waals surface area contributed by atoms with Gasteiger partial charge >= 0.3 is 40.8 Å². The van der Waals surface area contributed by atoms with E-state index in [4.69, 9.17) is 187 Å². The van der Waals surface area contributed by atoms with E-state index in [2.05, 4.69) is 325 Å². The smallest absolute Gasteiger partial charge is 1.00 e. The Balaban J connectivity index is 0.000000346. The van der Waals surface area contributed by atoms with Crippen molar-refractivity contribution in [3.63, 3.8) is 0 Å². The zero-order chi connectivity index (χ0) is 97.5. The third-order valence-corrected chi connectivity index (χ3v) is 36.5. The molecule has 0 unspecified atom stereocenters. The van der Waals surface area contributed by atoms with Gasteiger partial charge in [-0.2, -0.15) is 0 Å². The molecule has 0 amide bonds. The van der Waals surface area contributed by atoms with Crippen molar-refractivity contribution >= 4 is 264 Å². The molecule has 762 valence electrons. The monoisotopic (exact) mass is 2480 g/mol. The molecule has 0 saturated heterocycles. The third kappa shape index (κ3) is 54.2. The number of nitrogens with zero attached hydrogens (tertiary/aromatic N) is 2. The van der Waals surface area contributed by atoms with E-state index in [0.717, 1.165) is 11.1 Å². The molecule has 0 saturated carbocycles. The van der Waals surface area contributed by atoms with Gasteiger partial charge < -0.3 is 82.2 Å². The number of benzene rings is 13. The minimum atomic E-state index is -0.750. The fourth-order valence-electron chi connectivity index (χ4n) is 13.8. The first-order chi connectivity index (χ1) is 67.5. The van der Waals surface area contributed by atoms with Crippen molar-refractivity contribution in [3.05, 3.63) is 375 Å². The molecule has 0 spiro atoms. The predicted molar refractivity (Wildman–Crippen MR) is 605 cm³/mol. The number of aliphatic imine (C=N–C) groups is 2. The second kappa shape index (κ2) is 80.1. The normalized spacial score (nSPS) is 13.1. The van der Waals surface area contributed by atoms with E-state index >= 15 is 0 Å². The molecule has 12 nitrogen and oxygen atoms in total. The van der Waals surface area contributed by atoms with Crippen molar-refractivity contribution in [2.24, 2.45) is 9.98 Å². The van der Waals surface area contributed by atoms with Gasteiger partial charge in [0.25, 0.3) is 0 Å². The summed E-state index contributed by atoms with van der Waals surface area (Å²) in [6.45, 7) is 7.39. The number of halogens is 14. The summed E-state index contributed by atoms with van der Waals surface area (Å²) in [5.41, 5.74) is 2.94. The Bertz CT molecular complexity index is 4700. The standard InChI is InChI=1S/C36H42N2O10.2C34H33P3.4CHCl3.2ClH.2Pd/c1-2-30(28-38-32-6-8-34-36(26-32)48-24-20-44-16-12-40-10-14-42-18-22-46-34)4-3-29(1)27-37-31-5-7-33-35(25-31)47-23-19-43-15-11-39-9-13-41-17-21-45-33;2*1-6-16-30(17-7-1)35(26-28-36(31-18-8-2-9-19-31)32-20-10-3-11-21-32)27-29-37(33-22-12-4-13-23-33)34-24-14-5-15-25-34;4*2-1(3)4;;;;/h1,4-8,25-28H,9-24H2;2*1-25H,26-29H2;4*1H;2*1H;;/q-2;;;;;;;;;2*+2/p-2. The number of fused-ring (bicyclic) bond motifs is 2. The van der Waals surface area contributed by atoms with Gasteiger partial charge in [0, 0.05) is 12.1 Å². The van der Waals surface area contributed by atoms with E-state index in [1.807, 2.05) is 48.5 Å². The maximum atomic E-state index is 5.95. The fraction of sp³-hybridized carbons (Fsp3) is 0.259. The van der Waals surface area contributed by atoms with Gasteiger partial charge in [-0.25, -0.2) is 35.4 Å². The van der Waals surface area contributed by atoms with Crippen LogP contribution < -0.4 is 96.8 Å². The van der Waals surface area contributed by atoms with E-state index in [9.17, 15) is 0 Å². The molecule has 13 aromatic carbocycles. The fourth-order valence-corrected chi connectivity index (χ4v) is 31.0. The maximum Gasteiger partial charge on any atom is 2.00 e. The van der Waals surface area contributed by atoms with Crippen LogP contribution in [0.1, 0.15) is 11.1 Å². The van der Waals surface area contributed by atoms with Crippen LogP contribution in [0.5, 0.6) is 23.0 Å². The molecular formula is C108H112Cl14N2O10P6Pd2. The van der Waals surface area contributed by atoms with Crippen LogP contribution in [0, 0.1) is 12.1 Å². The molecule has 15 rings (SSSR count). The molecular weight excluding hydrogens is 2380 g/mol. The van der Waals surface area contributed by atoms with Crippen molar-refractivity contribution in [3.8, 4) is 23.0 Å². The van der Waals surface area contributed by atoms with Gasteiger partial charge in [0.2, 0.25) is 0 Å². The van der Waals surface area contributed by atoms with Crippen molar-refractivity contribution in [1.82, 2.24) is 0 Å². The number of hydrogen-bond donors (Lipinski definition) is 0. The van der Waals surface area contributed by atoms with E-state index in [-0.39, 0.29) is 113 Å².